The third-order valence-electron chi connectivity index (χ3n) is 3.66. The Kier molecular flexibility index (Phi) is 3.06. The van der Waals surface area contributed by atoms with E-state index in [0.29, 0.717) is 12.0 Å². The second kappa shape index (κ2) is 4.90. The van der Waals surface area contributed by atoms with Gasteiger partial charge < -0.3 is 10.3 Å². The zero-order valence-electron chi connectivity index (χ0n) is 11.2. The molecule has 0 fully saturated rings. The standard InChI is InChI=1S/C17H13NO3/c1-2-10-8-13(19)4-6-14(10)11-3-5-15-12(7-11)9-16(18-21)17(15)20/h2-8,19,21H,1,9H2/b18-16+. The molecule has 1 aliphatic rings. The Bertz CT molecular complexity index is 791. The van der Waals surface area contributed by atoms with Crippen molar-refractivity contribution in [3.63, 3.8) is 0 Å². The lowest BCUT2D eigenvalue weighted by molar-refractivity contribution is 0.106. The van der Waals surface area contributed by atoms with Crippen molar-refractivity contribution in [3.05, 3.63) is 59.7 Å². The van der Waals surface area contributed by atoms with Gasteiger partial charge in [-0.05, 0) is 40.5 Å². The van der Waals surface area contributed by atoms with Gasteiger partial charge in [-0.1, -0.05) is 36.0 Å². The van der Waals surface area contributed by atoms with Crippen molar-refractivity contribution < 1.29 is 15.1 Å². The maximum Gasteiger partial charge on any atom is 0.211 e. The minimum absolute atomic E-state index is 0.164. The molecule has 4 nitrogen and oxygen atoms in total. The number of phenols is 1. The molecule has 0 aliphatic heterocycles. The van der Waals surface area contributed by atoms with Crippen LogP contribution in [0.5, 0.6) is 5.75 Å². The van der Waals surface area contributed by atoms with E-state index >= 15 is 0 Å². The van der Waals surface area contributed by atoms with Crippen LogP contribution in [0.4, 0.5) is 0 Å². The number of fused-ring (bicyclic) bond motifs is 1. The lowest BCUT2D eigenvalue weighted by Gasteiger charge is -2.08. The van der Waals surface area contributed by atoms with E-state index in [1.54, 1.807) is 24.3 Å². The number of aromatic hydroxyl groups is 1. The molecule has 0 saturated carbocycles. The summed E-state index contributed by atoms with van der Waals surface area (Å²) in [5.41, 5.74) is 4.24. The number of nitrogens with zero attached hydrogens (tertiary/aromatic N) is 1. The average Bonchev–Trinajstić information content (AvgIpc) is 2.82. The first kappa shape index (κ1) is 13.1. The largest absolute Gasteiger partial charge is 0.508 e. The summed E-state index contributed by atoms with van der Waals surface area (Å²) in [5, 5.41) is 21.4. The molecule has 3 rings (SSSR count). The van der Waals surface area contributed by atoms with Crippen LogP contribution in [0.3, 0.4) is 0 Å². The van der Waals surface area contributed by atoms with E-state index in [1.807, 2.05) is 18.2 Å². The van der Waals surface area contributed by atoms with Gasteiger partial charge in [0.15, 0.2) is 0 Å². The summed E-state index contributed by atoms with van der Waals surface area (Å²) in [6, 6.07) is 10.6. The van der Waals surface area contributed by atoms with E-state index in [9.17, 15) is 9.90 Å². The van der Waals surface area contributed by atoms with Gasteiger partial charge in [-0.25, -0.2) is 0 Å². The number of oxime groups is 1. The number of rotatable bonds is 2. The zero-order chi connectivity index (χ0) is 15.0. The maximum atomic E-state index is 11.9. The van der Waals surface area contributed by atoms with Gasteiger partial charge in [0.25, 0.3) is 0 Å². The lowest BCUT2D eigenvalue weighted by atomic mass is 9.96. The third kappa shape index (κ3) is 2.10. The number of ketones is 1. The van der Waals surface area contributed by atoms with Crippen LogP contribution < -0.4 is 0 Å². The van der Waals surface area contributed by atoms with Crippen LogP contribution in [-0.4, -0.2) is 21.8 Å². The minimum atomic E-state index is -0.228. The van der Waals surface area contributed by atoms with Crippen LogP contribution in [0.25, 0.3) is 17.2 Å². The molecule has 0 aromatic heterocycles. The highest BCUT2D eigenvalue weighted by Gasteiger charge is 2.27. The summed E-state index contributed by atoms with van der Waals surface area (Å²) < 4.78 is 0. The Labute approximate surface area is 121 Å². The molecule has 2 aromatic rings. The molecule has 21 heavy (non-hydrogen) atoms. The molecule has 0 atom stereocenters. The number of carbonyl (C=O) groups excluding carboxylic acids is 1. The first-order valence-electron chi connectivity index (χ1n) is 6.48. The molecule has 0 heterocycles. The van der Waals surface area contributed by atoms with Crippen molar-refractivity contribution in [2.45, 2.75) is 6.42 Å². The van der Waals surface area contributed by atoms with Crippen molar-refractivity contribution in [3.8, 4) is 16.9 Å². The topological polar surface area (TPSA) is 69.9 Å². The Morgan fingerprint density at radius 1 is 1.14 bits per heavy atom. The van der Waals surface area contributed by atoms with Crippen molar-refractivity contribution in [2.75, 3.05) is 0 Å². The quantitative estimate of drug-likeness (QED) is 0.654. The van der Waals surface area contributed by atoms with Crippen molar-refractivity contribution in [1.82, 2.24) is 0 Å². The normalized spacial score (nSPS) is 15.2. The molecule has 0 amide bonds. The highest BCUT2D eigenvalue weighted by Crippen LogP contribution is 2.31. The molecule has 0 unspecified atom stereocenters. The second-order valence-electron chi connectivity index (χ2n) is 4.90. The van der Waals surface area contributed by atoms with Crippen molar-refractivity contribution in [2.24, 2.45) is 5.16 Å². The summed E-state index contributed by atoms with van der Waals surface area (Å²) in [4.78, 5) is 11.9. The molecule has 4 heteroatoms. The van der Waals surface area contributed by atoms with Crippen LogP contribution in [0.15, 0.2) is 48.1 Å². The summed E-state index contributed by atoms with van der Waals surface area (Å²) in [7, 11) is 0. The average molecular weight is 279 g/mol. The number of phenolic OH excluding ortho intramolecular Hbond substituents is 1. The van der Waals surface area contributed by atoms with Gasteiger partial charge in [0.2, 0.25) is 5.78 Å². The van der Waals surface area contributed by atoms with Crippen LogP contribution in [0.1, 0.15) is 21.5 Å². The molecule has 0 spiro atoms. The van der Waals surface area contributed by atoms with E-state index in [2.05, 4.69) is 11.7 Å². The fourth-order valence-electron chi connectivity index (χ4n) is 2.61. The lowest BCUT2D eigenvalue weighted by Crippen LogP contribution is -2.06. The van der Waals surface area contributed by atoms with E-state index in [4.69, 9.17) is 5.21 Å². The van der Waals surface area contributed by atoms with E-state index in [1.165, 1.54) is 0 Å². The van der Waals surface area contributed by atoms with Crippen LogP contribution >= 0.6 is 0 Å². The maximum absolute atomic E-state index is 11.9. The summed E-state index contributed by atoms with van der Waals surface area (Å²) >= 11 is 0. The smallest absolute Gasteiger partial charge is 0.211 e. The summed E-state index contributed by atoms with van der Waals surface area (Å²) in [6.45, 7) is 3.75. The molecule has 2 aromatic carbocycles. The van der Waals surface area contributed by atoms with Crippen molar-refractivity contribution in [1.29, 1.82) is 0 Å². The molecule has 1 aliphatic carbocycles. The van der Waals surface area contributed by atoms with E-state index < -0.39 is 0 Å². The SMILES string of the molecule is C=Cc1cc(O)ccc1-c1ccc2c(c1)C/C(=N\O)C2=O. The van der Waals surface area contributed by atoms with E-state index in [-0.39, 0.29) is 17.2 Å². The van der Waals surface area contributed by atoms with Crippen LogP contribution in [0, 0.1) is 0 Å². The highest BCUT2D eigenvalue weighted by molar-refractivity contribution is 6.49. The molecule has 0 radical (unpaired) electrons. The molecule has 0 saturated heterocycles. The van der Waals surface area contributed by atoms with Gasteiger partial charge >= 0.3 is 0 Å². The Hall–Kier alpha value is -2.88. The second-order valence-corrected chi connectivity index (χ2v) is 4.90. The Morgan fingerprint density at radius 3 is 2.62 bits per heavy atom. The highest BCUT2D eigenvalue weighted by atomic mass is 16.4. The van der Waals surface area contributed by atoms with Gasteiger partial charge in [-0.3, -0.25) is 4.79 Å². The van der Waals surface area contributed by atoms with Gasteiger partial charge in [0, 0.05) is 12.0 Å². The Morgan fingerprint density at radius 2 is 1.90 bits per heavy atom. The molecule has 104 valence electrons. The van der Waals surface area contributed by atoms with Gasteiger partial charge in [-0.15, -0.1) is 0 Å². The predicted molar refractivity (Wildman–Crippen MR) is 80.9 cm³/mol. The predicted octanol–water partition coefficient (Wildman–Crippen LogP) is 3.27. The number of Topliss-reactive ketones (excluding diaryl/α,β-unsaturated/α-hetero) is 1. The number of carbonyl (C=O) groups is 1. The van der Waals surface area contributed by atoms with Gasteiger partial charge in [-0.2, -0.15) is 0 Å². The zero-order valence-corrected chi connectivity index (χ0v) is 11.2. The van der Waals surface area contributed by atoms with Crippen LogP contribution in [0.2, 0.25) is 0 Å². The van der Waals surface area contributed by atoms with Crippen LogP contribution in [-0.2, 0) is 6.42 Å². The van der Waals surface area contributed by atoms with E-state index in [0.717, 1.165) is 22.3 Å². The monoisotopic (exact) mass is 279 g/mol. The third-order valence-corrected chi connectivity index (χ3v) is 3.66. The van der Waals surface area contributed by atoms with Crippen molar-refractivity contribution >= 4 is 17.6 Å². The fourth-order valence-corrected chi connectivity index (χ4v) is 2.61. The molecular weight excluding hydrogens is 266 g/mol. The molecule has 2 N–H and O–H groups in total. The Balaban J connectivity index is 2.12. The molecule has 0 bridgehead atoms. The minimum Gasteiger partial charge on any atom is -0.508 e. The first-order chi connectivity index (χ1) is 10.1. The van der Waals surface area contributed by atoms with Gasteiger partial charge in [0.1, 0.15) is 11.5 Å². The van der Waals surface area contributed by atoms with Gasteiger partial charge in [0.05, 0.1) is 0 Å². The first-order valence-corrected chi connectivity index (χ1v) is 6.48. The number of hydrogen-bond acceptors (Lipinski definition) is 4. The molecular formula is C17H13NO3. The summed E-state index contributed by atoms with van der Waals surface area (Å²) in [6.07, 6.45) is 2.01. The number of hydrogen-bond donors (Lipinski definition) is 2. The number of benzene rings is 2. The fraction of sp³-hybridized carbons (Fsp3) is 0.0588. The summed E-state index contributed by atoms with van der Waals surface area (Å²) in [5.74, 6) is -0.0478.